The summed E-state index contributed by atoms with van der Waals surface area (Å²) in [4.78, 5) is 12.2. The summed E-state index contributed by atoms with van der Waals surface area (Å²) in [5.74, 6) is 0.655. The van der Waals surface area contributed by atoms with Crippen LogP contribution >= 0.6 is 0 Å². The lowest BCUT2D eigenvalue weighted by molar-refractivity contribution is 0.149. The van der Waals surface area contributed by atoms with Gasteiger partial charge in [-0.25, -0.2) is 0 Å². The first-order valence-electron chi connectivity index (χ1n) is 5.50. The molecule has 1 aliphatic carbocycles. The van der Waals surface area contributed by atoms with Gasteiger partial charge in [-0.05, 0) is 25.0 Å². The number of aliphatic hydroxyl groups is 1. The van der Waals surface area contributed by atoms with Crippen LogP contribution in [0.25, 0.3) is 11.0 Å². The fourth-order valence-electron chi connectivity index (χ4n) is 2.33. The molecule has 0 fully saturated rings. The highest BCUT2D eigenvalue weighted by molar-refractivity contribution is 5.77. The molecule has 0 amide bonds. The quantitative estimate of drug-likeness (QED) is 0.734. The number of hydrogen-bond acceptors (Lipinski definition) is 3. The topological polar surface area (TPSA) is 50.4 Å². The summed E-state index contributed by atoms with van der Waals surface area (Å²) in [5.41, 5.74) is 0.995. The van der Waals surface area contributed by atoms with E-state index >= 15 is 0 Å². The molecule has 2 aromatic rings. The lowest BCUT2D eigenvalue weighted by Gasteiger charge is -2.19. The van der Waals surface area contributed by atoms with Gasteiger partial charge in [-0.15, -0.1) is 0 Å². The van der Waals surface area contributed by atoms with Gasteiger partial charge in [-0.1, -0.05) is 12.1 Å². The molecule has 0 saturated heterocycles. The van der Waals surface area contributed by atoms with Crippen LogP contribution in [-0.2, 0) is 6.42 Å². The molecular weight excluding hydrogens is 204 g/mol. The minimum Gasteiger partial charge on any atom is -0.460 e. The minimum absolute atomic E-state index is 0.0796. The molecular formula is C13H12O3. The molecule has 3 rings (SSSR count). The molecule has 1 aromatic heterocycles. The summed E-state index contributed by atoms with van der Waals surface area (Å²) in [6.45, 7) is 0. The Morgan fingerprint density at radius 3 is 3.00 bits per heavy atom. The third-order valence-corrected chi connectivity index (χ3v) is 3.12. The Bertz CT molecular complexity index is 598. The van der Waals surface area contributed by atoms with Gasteiger partial charge in [-0.2, -0.15) is 0 Å². The zero-order valence-corrected chi connectivity index (χ0v) is 8.77. The number of hydrogen-bond donors (Lipinski definition) is 1. The molecule has 3 heteroatoms. The lowest BCUT2D eigenvalue weighted by Crippen LogP contribution is -2.20. The largest absolute Gasteiger partial charge is 0.460 e. The Morgan fingerprint density at radius 1 is 1.31 bits per heavy atom. The van der Waals surface area contributed by atoms with E-state index in [4.69, 9.17) is 4.42 Å². The van der Waals surface area contributed by atoms with Gasteiger partial charge < -0.3 is 9.52 Å². The minimum atomic E-state index is -0.662. The first kappa shape index (κ1) is 9.60. The maximum atomic E-state index is 12.2. The standard InChI is InChI=1S/C13H12O3/c14-9-5-3-7-11-12(9)13(15)8-4-1-2-6-10(8)16-11/h1-2,4,6,9,14H,3,5,7H2/t9-/m0/s1. The summed E-state index contributed by atoms with van der Waals surface area (Å²) >= 11 is 0. The molecule has 16 heavy (non-hydrogen) atoms. The second kappa shape index (κ2) is 3.46. The molecule has 0 unspecified atom stereocenters. The average Bonchev–Trinajstić information content (AvgIpc) is 2.29. The van der Waals surface area contributed by atoms with Gasteiger partial charge in [0.25, 0.3) is 0 Å². The van der Waals surface area contributed by atoms with Crippen LogP contribution in [0, 0.1) is 0 Å². The maximum Gasteiger partial charge on any atom is 0.198 e. The number of para-hydroxylation sites is 1. The number of aliphatic hydroxyl groups excluding tert-OH is 1. The fourth-order valence-corrected chi connectivity index (χ4v) is 2.33. The van der Waals surface area contributed by atoms with E-state index in [-0.39, 0.29) is 5.43 Å². The van der Waals surface area contributed by atoms with Crippen LogP contribution in [0.15, 0.2) is 33.5 Å². The third kappa shape index (κ3) is 1.28. The Morgan fingerprint density at radius 2 is 2.12 bits per heavy atom. The lowest BCUT2D eigenvalue weighted by atomic mass is 9.93. The maximum absolute atomic E-state index is 12.2. The molecule has 0 spiro atoms. The van der Waals surface area contributed by atoms with Crippen molar-refractivity contribution in [3.8, 4) is 0 Å². The first-order valence-corrected chi connectivity index (χ1v) is 5.50. The van der Waals surface area contributed by atoms with Crippen molar-refractivity contribution in [2.45, 2.75) is 25.4 Å². The van der Waals surface area contributed by atoms with E-state index in [0.717, 1.165) is 12.8 Å². The van der Waals surface area contributed by atoms with Crippen LogP contribution in [0.1, 0.15) is 30.3 Å². The summed E-state index contributed by atoms with van der Waals surface area (Å²) in [5, 5.41) is 10.4. The summed E-state index contributed by atoms with van der Waals surface area (Å²) in [6, 6.07) is 7.18. The molecule has 1 aromatic carbocycles. The van der Waals surface area contributed by atoms with E-state index in [1.54, 1.807) is 18.2 Å². The predicted molar refractivity (Wildman–Crippen MR) is 60.4 cm³/mol. The molecule has 1 atom stereocenters. The number of rotatable bonds is 0. The van der Waals surface area contributed by atoms with Crippen LogP contribution < -0.4 is 5.43 Å². The van der Waals surface area contributed by atoms with Gasteiger partial charge in [0.1, 0.15) is 11.3 Å². The molecule has 0 saturated carbocycles. The zero-order chi connectivity index (χ0) is 11.1. The number of benzene rings is 1. The van der Waals surface area contributed by atoms with Crippen molar-refractivity contribution in [1.29, 1.82) is 0 Å². The zero-order valence-electron chi connectivity index (χ0n) is 8.77. The van der Waals surface area contributed by atoms with Crippen LogP contribution in [0.5, 0.6) is 0 Å². The van der Waals surface area contributed by atoms with E-state index in [1.165, 1.54) is 0 Å². The Hall–Kier alpha value is -1.61. The van der Waals surface area contributed by atoms with Gasteiger partial charge in [0.2, 0.25) is 0 Å². The molecule has 82 valence electrons. The first-order chi connectivity index (χ1) is 7.77. The van der Waals surface area contributed by atoms with Crippen molar-refractivity contribution in [3.05, 3.63) is 45.8 Å². The van der Waals surface area contributed by atoms with Gasteiger partial charge in [0, 0.05) is 6.42 Å². The summed E-state index contributed by atoms with van der Waals surface area (Å²) < 4.78 is 5.68. The van der Waals surface area contributed by atoms with E-state index in [9.17, 15) is 9.90 Å². The van der Waals surface area contributed by atoms with Crippen molar-refractivity contribution < 1.29 is 9.52 Å². The van der Waals surface area contributed by atoms with Crippen LogP contribution in [0.2, 0.25) is 0 Å². The van der Waals surface area contributed by atoms with E-state index in [1.807, 2.05) is 6.07 Å². The SMILES string of the molecule is O=c1c2c(oc3ccccc13)CCC[C@@H]2O. The molecule has 0 bridgehead atoms. The normalized spacial score (nSPS) is 19.7. The second-order valence-corrected chi connectivity index (χ2v) is 4.17. The van der Waals surface area contributed by atoms with Gasteiger partial charge in [-0.3, -0.25) is 4.79 Å². The van der Waals surface area contributed by atoms with Crippen molar-refractivity contribution in [2.24, 2.45) is 0 Å². The molecule has 0 aliphatic heterocycles. The average molecular weight is 216 g/mol. The van der Waals surface area contributed by atoms with Crippen molar-refractivity contribution >= 4 is 11.0 Å². The van der Waals surface area contributed by atoms with E-state index in [0.29, 0.717) is 28.7 Å². The van der Waals surface area contributed by atoms with E-state index < -0.39 is 6.10 Å². The highest BCUT2D eigenvalue weighted by atomic mass is 16.3. The van der Waals surface area contributed by atoms with Gasteiger partial charge in [0.05, 0.1) is 17.1 Å². The number of fused-ring (bicyclic) bond motifs is 2. The van der Waals surface area contributed by atoms with Gasteiger partial charge in [0.15, 0.2) is 5.43 Å². The Balaban J connectivity index is 2.41. The second-order valence-electron chi connectivity index (χ2n) is 4.17. The van der Waals surface area contributed by atoms with Crippen molar-refractivity contribution in [3.63, 3.8) is 0 Å². The monoisotopic (exact) mass is 216 g/mol. The third-order valence-electron chi connectivity index (χ3n) is 3.12. The summed E-state index contributed by atoms with van der Waals surface area (Å²) in [7, 11) is 0. The molecule has 1 aliphatic rings. The van der Waals surface area contributed by atoms with Crippen LogP contribution in [0.4, 0.5) is 0 Å². The number of aryl methyl sites for hydroxylation is 1. The van der Waals surface area contributed by atoms with Crippen molar-refractivity contribution in [1.82, 2.24) is 0 Å². The molecule has 1 N–H and O–H groups in total. The van der Waals surface area contributed by atoms with Gasteiger partial charge >= 0.3 is 0 Å². The fraction of sp³-hybridized carbons (Fsp3) is 0.308. The van der Waals surface area contributed by atoms with Crippen LogP contribution in [-0.4, -0.2) is 5.11 Å². The molecule has 0 radical (unpaired) electrons. The molecule has 3 nitrogen and oxygen atoms in total. The Kier molecular flexibility index (Phi) is 2.07. The Labute approximate surface area is 92.3 Å². The summed E-state index contributed by atoms with van der Waals surface area (Å²) in [6.07, 6.45) is 1.60. The van der Waals surface area contributed by atoms with E-state index in [2.05, 4.69) is 0 Å². The predicted octanol–water partition coefficient (Wildman–Crippen LogP) is 2.16. The van der Waals surface area contributed by atoms with Crippen LogP contribution in [0.3, 0.4) is 0 Å². The molecule has 1 heterocycles. The highest BCUT2D eigenvalue weighted by Gasteiger charge is 2.24. The smallest absolute Gasteiger partial charge is 0.198 e. The van der Waals surface area contributed by atoms with Crippen molar-refractivity contribution in [2.75, 3.05) is 0 Å². The highest BCUT2D eigenvalue weighted by Crippen LogP contribution is 2.29.